The predicted octanol–water partition coefficient (Wildman–Crippen LogP) is 1.85. The smallest absolute Gasteiger partial charge is 0.151 e. The fraction of sp³-hybridized carbons (Fsp3) is 0.500. The molecule has 0 amide bonds. The van der Waals surface area contributed by atoms with E-state index in [9.17, 15) is 0 Å². The zero-order valence-corrected chi connectivity index (χ0v) is 12.4. The van der Waals surface area contributed by atoms with E-state index >= 15 is 0 Å². The van der Waals surface area contributed by atoms with Gasteiger partial charge in [-0.15, -0.1) is 6.42 Å². The lowest BCUT2D eigenvalue weighted by Crippen LogP contribution is -2.13. The number of nitrogens with two attached hydrogens (primary N) is 1. The molecule has 21 heavy (non-hydrogen) atoms. The first-order valence-electron chi connectivity index (χ1n) is 7.37. The molecule has 0 fully saturated rings. The molecule has 2 N–H and O–H groups in total. The van der Waals surface area contributed by atoms with E-state index in [4.69, 9.17) is 16.9 Å². The lowest BCUT2D eigenvalue weighted by Gasteiger charge is -2.18. The summed E-state index contributed by atoms with van der Waals surface area (Å²) < 4.78 is 7.59. The van der Waals surface area contributed by atoms with Crippen molar-refractivity contribution in [3.8, 4) is 12.3 Å². The Labute approximate surface area is 124 Å². The highest BCUT2D eigenvalue weighted by atomic mass is 16.5. The SMILES string of the molecule is C#CCOCCn1c(C)nc2c(N)nc3c(c21)CCCC3. The van der Waals surface area contributed by atoms with Crippen molar-refractivity contribution >= 4 is 16.9 Å². The quantitative estimate of drug-likeness (QED) is 0.687. The summed E-state index contributed by atoms with van der Waals surface area (Å²) in [4.78, 5) is 9.15. The second-order valence-corrected chi connectivity index (χ2v) is 5.39. The number of hydrogen-bond donors (Lipinski definition) is 1. The normalized spacial score (nSPS) is 14.1. The number of aromatic nitrogens is 3. The molecule has 1 aliphatic carbocycles. The van der Waals surface area contributed by atoms with Crippen LogP contribution in [-0.2, 0) is 24.1 Å². The Kier molecular flexibility index (Phi) is 3.80. The maximum Gasteiger partial charge on any atom is 0.151 e. The number of nitrogen functional groups attached to an aromatic ring is 1. The molecule has 0 radical (unpaired) electrons. The molecule has 0 aromatic carbocycles. The molecule has 0 bridgehead atoms. The molecule has 2 heterocycles. The maximum atomic E-state index is 6.09. The highest BCUT2D eigenvalue weighted by Crippen LogP contribution is 2.31. The molecule has 0 saturated heterocycles. The van der Waals surface area contributed by atoms with Crippen molar-refractivity contribution in [2.45, 2.75) is 39.2 Å². The molecule has 0 atom stereocenters. The molecule has 5 heteroatoms. The Morgan fingerprint density at radius 3 is 2.95 bits per heavy atom. The molecule has 5 nitrogen and oxygen atoms in total. The van der Waals surface area contributed by atoms with Crippen LogP contribution >= 0.6 is 0 Å². The summed E-state index contributed by atoms with van der Waals surface area (Å²) in [6.45, 7) is 3.65. The van der Waals surface area contributed by atoms with Crippen molar-refractivity contribution in [3.05, 3.63) is 17.1 Å². The number of anilines is 1. The lowest BCUT2D eigenvalue weighted by atomic mass is 9.95. The number of aryl methyl sites for hydroxylation is 3. The molecular formula is C16H20N4O. The predicted molar refractivity (Wildman–Crippen MR) is 83.0 cm³/mol. The van der Waals surface area contributed by atoms with Crippen molar-refractivity contribution in [1.82, 2.24) is 14.5 Å². The molecule has 0 unspecified atom stereocenters. The van der Waals surface area contributed by atoms with Crippen molar-refractivity contribution in [2.24, 2.45) is 0 Å². The number of ether oxygens (including phenoxy) is 1. The fourth-order valence-electron chi connectivity index (χ4n) is 3.08. The van der Waals surface area contributed by atoms with E-state index in [1.165, 1.54) is 18.4 Å². The van der Waals surface area contributed by atoms with Crippen LogP contribution in [0.4, 0.5) is 5.82 Å². The average molecular weight is 284 g/mol. The van der Waals surface area contributed by atoms with Crippen LogP contribution in [-0.4, -0.2) is 27.7 Å². The summed E-state index contributed by atoms with van der Waals surface area (Å²) in [5.41, 5.74) is 10.5. The van der Waals surface area contributed by atoms with E-state index in [2.05, 4.69) is 20.5 Å². The minimum Gasteiger partial charge on any atom is -0.382 e. The van der Waals surface area contributed by atoms with Crippen LogP contribution in [0.5, 0.6) is 0 Å². The minimum atomic E-state index is 0.341. The summed E-state index contributed by atoms with van der Waals surface area (Å²) in [5.74, 6) is 3.97. The van der Waals surface area contributed by atoms with Gasteiger partial charge in [-0.2, -0.15) is 0 Å². The van der Waals surface area contributed by atoms with E-state index in [1.54, 1.807) is 0 Å². The van der Waals surface area contributed by atoms with Crippen LogP contribution in [0.3, 0.4) is 0 Å². The number of terminal acetylenes is 1. The zero-order valence-electron chi connectivity index (χ0n) is 12.4. The van der Waals surface area contributed by atoms with Crippen molar-refractivity contribution < 1.29 is 4.74 Å². The van der Waals surface area contributed by atoms with Crippen LogP contribution in [0, 0.1) is 19.3 Å². The number of fused-ring (bicyclic) bond motifs is 3. The number of pyridine rings is 1. The summed E-state index contributed by atoms with van der Waals surface area (Å²) in [6, 6.07) is 0. The first kappa shape index (κ1) is 13.9. The number of nitrogens with zero attached hydrogens (tertiary/aromatic N) is 3. The van der Waals surface area contributed by atoms with Gasteiger partial charge >= 0.3 is 0 Å². The van der Waals surface area contributed by atoms with Crippen LogP contribution in [0.25, 0.3) is 11.0 Å². The van der Waals surface area contributed by atoms with E-state index in [0.29, 0.717) is 19.0 Å². The van der Waals surface area contributed by atoms with Crippen molar-refractivity contribution in [3.63, 3.8) is 0 Å². The summed E-state index contributed by atoms with van der Waals surface area (Å²) in [7, 11) is 0. The van der Waals surface area contributed by atoms with Gasteiger partial charge in [0, 0.05) is 12.2 Å². The van der Waals surface area contributed by atoms with Crippen molar-refractivity contribution in [2.75, 3.05) is 18.9 Å². The fourth-order valence-corrected chi connectivity index (χ4v) is 3.08. The molecule has 2 aromatic rings. The Balaban J connectivity index is 2.04. The third kappa shape index (κ3) is 2.47. The van der Waals surface area contributed by atoms with Crippen LogP contribution in [0.2, 0.25) is 0 Å². The Hall–Kier alpha value is -2.06. The van der Waals surface area contributed by atoms with Gasteiger partial charge in [0.05, 0.1) is 12.1 Å². The van der Waals surface area contributed by atoms with Gasteiger partial charge < -0.3 is 15.0 Å². The van der Waals surface area contributed by atoms with Gasteiger partial charge in [0.25, 0.3) is 0 Å². The van der Waals surface area contributed by atoms with Crippen LogP contribution in [0.15, 0.2) is 0 Å². The summed E-state index contributed by atoms with van der Waals surface area (Å²) >= 11 is 0. The highest BCUT2D eigenvalue weighted by Gasteiger charge is 2.21. The first-order valence-corrected chi connectivity index (χ1v) is 7.37. The minimum absolute atomic E-state index is 0.341. The van der Waals surface area contributed by atoms with E-state index in [0.717, 1.165) is 41.9 Å². The maximum absolute atomic E-state index is 6.09. The molecule has 0 saturated carbocycles. The highest BCUT2D eigenvalue weighted by molar-refractivity contribution is 5.89. The lowest BCUT2D eigenvalue weighted by molar-refractivity contribution is 0.158. The van der Waals surface area contributed by atoms with E-state index in [1.807, 2.05) is 6.92 Å². The third-order valence-corrected chi connectivity index (χ3v) is 4.03. The molecular weight excluding hydrogens is 264 g/mol. The van der Waals surface area contributed by atoms with Gasteiger partial charge in [0.15, 0.2) is 5.82 Å². The van der Waals surface area contributed by atoms with Crippen LogP contribution < -0.4 is 5.73 Å². The Morgan fingerprint density at radius 2 is 2.14 bits per heavy atom. The van der Waals surface area contributed by atoms with Crippen molar-refractivity contribution in [1.29, 1.82) is 0 Å². The molecule has 1 aliphatic rings. The molecule has 0 aliphatic heterocycles. The largest absolute Gasteiger partial charge is 0.382 e. The second kappa shape index (κ2) is 5.74. The van der Waals surface area contributed by atoms with Gasteiger partial charge in [-0.3, -0.25) is 0 Å². The number of hydrogen-bond acceptors (Lipinski definition) is 4. The third-order valence-electron chi connectivity index (χ3n) is 4.03. The Morgan fingerprint density at radius 1 is 1.33 bits per heavy atom. The van der Waals surface area contributed by atoms with E-state index in [-0.39, 0.29) is 0 Å². The molecule has 0 spiro atoms. The standard InChI is InChI=1S/C16H20N4O/c1-3-9-21-10-8-20-11(2)18-14-15(20)12-6-4-5-7-13(12)19-16(14)17/h1H,4-10H2,2H3,(H2,17,19). The van der Waals surface area contributed by atoms with Gasteiger partial charge in [0.1, 0.15) is 17.9 Å². The first-order chi connectivity index (χ1) is 10.2. The van der Waals surface area contributed by atoms with Crippen LogP contribution in [0.1, 0.15) is 29.9 Å². The summed E-state index contributed by atoms with van der Waals surface area (Å²) in [6.07, 6.45) is 9.64. The topological polar surface area (TPSA) is 66.0 Å². The monoisotopic (exact) mass is 284 g/mol. The van der Waals surface area contributed by atoms with Gasteiger partial charge in [-0.05, 0) is 38.2 Å². The average Bonchev–Trinajstić information content (AvgIpc) is 2.82. The molecule has 3 rings (SSSR count). The second-order valence-electron chi connectivity index (χ2n) is 5.39. The van der Waals surface area contributed by atoms with Gasteiger partial charge in [-0.25, -0.2) is 9.97 Å². The number of rotatable bonds is 4. The number of imidazole rings is 1. The molecule has 2 aromatic heterocycles. The van der Waals surface area contributed by atoms with E-state index < -0.39 is 0 Å². The summed E-state index contributed by atoms with van der Waals surface area (Å²) in [5, 5.41) is 0. The van der Waals surface area contributed by atoms with Gasteiger partial charge in [0.2, 0.25) is 0 Å². The Bertz CT molecular complexity index is 711. The zero-order chi connectivity index (χ0) is 14.8. The molecule has 110 valence electrons. The van der Waals surface area contributed by atoms with Gasteiger partial charge in [-0.1, -0.05) is 5.92 Å².